The molecular formula is C44H48O18. The molecule has 2 heterocycles. The minimum absolute atomic E-state index is 0.0332. The van der Waals surface area contributed by atoms with Crippen molar-refractivity contribution in [3.05, 3.63) is 79.8 Å². The number of allylic oxidation sites excluding steroid dienone is 2. The highest BCUT2D eigenvalue weighted by Crippen LogP contribution is 2.52. The van der Waals surface area contributed by atoms with Gasteiger partial charge in [0.05, 0.1) is 36.5 Å². The van der Waals surface area contributed by atoms with Crippen molar-refractivity contribution < 1.29 is 87.8 Å². The van der Waals surface area contributed by atoms with Gasteiger partial charge in [-0.05, 0) is 77.1 Å². The Morgan fingerprint density at radius 1 is 0.839 bits per heavy atom. The molecule has 0 aromatic heterocycles. The molecule has 2 aromatic rings. The SMILES string of the molecule is COC1=CC(=O)c2c(O)c3c(c(C)c2C1=O)C[C@@]1(O)[C@H](O[C@H]2CC[C@H](O[C@H]4C[C@@](C)(O)[C@H](OC(=O)c5c(C)ccc(C)c5O)[C@H](C)O4)[C@@H](C)O2)C(=O)C(C(C)=O)=C(O)[C@]1(O)C3=O. The van der Waals surface area contributed by atoms with Gasteiger partial charge in [0.1, 0.15) is 39.6 Å². The zero-order valence-corrected chi connectivity index (χ0v) is 35.2. The van der Waals surface area contributed by atoms with Gasteiger partial charge in [-0.15, -0.1) is 0 Å². The Labute approximate surface area is 354 Å². The van der Waals surface area contributed by atoms with Crippen LogP contribution in [0.25, 0.3) is 0 Å². The predicted molar refractivity (Wildman–Crippen MR) is 210 cm³/mol. The van der Waals surface area contributed by atoms with E-state index >= 15 is 0 Å². The first kappa shape index (κ1) is 44.7. The number of aliphatic hydroxyl groups excluding tert-OH is 1. The summed E-state index contributed by atoms with van der Waals surface area (Å²) in [5.41, 5.74) is -10.4. The number of fused-ring (bicyclic) bond motifs is 3. The van der Waals surface area contributed by atoms with Crippen molar-refractivity contribution in [1.29, 1.82) is 0 Å². The lowest BCUT2D eigenvalue weighted by Crippen LogP contribution is -2.74. The number of Topliss-reactive ketones (excluding diaryl/α,β-unsaturated/α-hetero) is 4. The fourth-order valence-electron chi connectivity index (χ4n) is 9.37. The molecule has 0 bridgehead atoms. The van der Waals surface area contributed by atoms with Crippen LogP contribution >= 0.6 is 0 Å². The standard InChI is InChI=1S/C44H48O18/c1-16-9-10-17(2)33(47)28(16)41(53)62-39-21(6)59-27(15-42(39,7)54)60-24-11-12-26(58-20(24)5)61-40-36(50)30(19(4)45)37(51)44(56)38(52)31-22(14-43(40,44)55)18(3)29-32(35(31)49)23(46)13-25(57-8)34(29)48/h9-10,13,20-21,24,26-27,39-40,47,49,51,54-56H,11-12,14-15H2,1-8H3/t20-,21+,24+,26+,27+,39-,40-,42-,43-,44+/m1/s1. The minimum atomic E-state index is -3.49. The molecule has 2 fully saturated rings. The van der Waals surface area contributed by atoms with E-state index < -0.39 is 129 Å². The van der Waals surface area contributed by atoms with E-state index in [-0.39, 0.29) is 53.0 Å². The molecule has 0 spiro atoms. The predicted octanol–water partition coefficient (Wildman–Crippen LogP) is 2.52. The number of carbonyl (C=O) groups excluding carboxylic acids is 6. The topological polar surface area (TPSA) is 279 Å². The van der Waals surface area contributed by atoms with Gasteiger partial charge in [-0.3, -0.25) is 24.0 Å². The molecule has 62 heavy (non-hydrogen) atoms. The van der Waals surface area contributed by atoms with Crippen LogP contribution in [0.2, 0.25) is 0 Å². The van der Waals surface area contributed by atoms with E-state index in [0.29, 0.717) is 11.1 Å². The van der Waals surface area contributed by atoms with Crippen LogP contribution in [-0.2, 0) is 44.4 Å². The molecule has 0 radical (unpaired) electrons. The molecule has 18 nitrogen and oxygen atoms in total. The lowest BCUT2D eigenvalue weighted by atomic mass is 9.58. The second-order valence-corrected chi connectivity index (χ2v) is 16.9. The zero-order valence-electron chi connectivity index (χ0n) is 35.2. The van der Waals surface area contributed by atoms with Gasteiger partial charge in [-0.25, -0.2) is 4.79 Å². The molecule has 0 saturated carbocycles. The highest BCUT2D eigenvalue weighted by atomic mass is 16.7. The van der Waals surface area contributed by atoms with Gasteiger partial charge < -0.3 is 59.1 Å². The highest BCUT2D eigenvalue weighted by molar-refractivity contribution is 6.29. The fourth-order valence-corrected chi connectivity index (χ4v) is 9.37. The van der Waals surface area contributed by atoms with Crippen LogP contribution in [0.3, 0.4) is 0 Å². The van der Waals surface area contributed by atoms with Crippen LogP contribution in [0.5, 0.6) is 11.5 Å². The third kappa shape index (κ3) is 6.67. The number of aliphatic hydroxyl groups is 4. The summed E-state index contributed by atoms with van der Waals surface area (Å²) in [5, 5.41) is 69.4. The second-order valence-electron chi connectivity index (χ2n) is 16.9. The summed E-state index contributed by atoms with van der Waals surface area (Å²) in [6, 6.07) is 3.32. The van der Waals surface area contributed by atoms with Crippen molar-refractivity contribution in [2.24, 2.45) is 0 Å². The van der Waals surface area contributed by atoms with E-state index in [2.05, 4.69) is 0 Å². The Morgan fingerprint density at radius 3 is 2.10 bits per heavy atom. The van der Waals surface area contributed by atoms with Gasteiger partial charge >= 0.3 is 5.97 Å². The highest BCUT2D eigenvalue weighted by Gasteiger charge is 2.71. The number of phenols is 2. The van der Waals surface area contributed by atoms with Crippen LogP contribution in [-0.4, -0.2) is 133 Å². The van der Waals surface area contributed by atoms with Crippen molar-refractivity contribution in [3.63, 3.8) is 0 Å². The summed E-state index contributed by atoms with van der Waals surface area (Å²) in [6.07, 6.45) is -8.40. The number of benzene rings is 2. The molecule has 2 aromatic carbocycles. The Morgan fingerprint density at radius 2 is 1.48 bits per heavy atom. The second kappa shape index (κ2) is 15.5. The lowest BCUT2D eigenvalue weighted by Gasteiger charge is -2.52. The third-order valence-corrected chi connectivity index (χ3v) is 12.7. The number of hydrogen-bond acceptors (Lipinski definition) is 18. The number of esters is 1. The Balaban J connectivity index is 1.11. The molecule has 0 amide bonds. The van der Waals surface area contributed by atoms with Gasteiger partial charge in [-0.1, -0.05) is 12.1 Å². The molecular weight excluding hydrogens is 816 g/mol. The van der Waals surface area contributed by atoms with Crippen LogP contribution in [0.15, 0.2) is 35.3 Å². The third-order valence-electron chi connectivity index (χ3n) is 12.7. The molecule has 3 aliphatic carbocycles. The van der Waals surface area contributed by atoms with Gasteiger partial charge in [0.25, 0.3) is 0 Å². The average molecular weight is 865 g/mol. The molecule has 2 aliphatic heterocycles. The normalized spacial score (nSPS) is 33.3. The van der Waals surface area contributed by atoms with E-state index in [1.165, 1.54) is 13.8 Å². The molecule has 2 saturated heterocycles. The average Bonchev–Trinajstić information content (AvgIpc) is 3.18. The fraction of sp³-hybridized carbons (Fsp3) is 0.500. The van der Waals surface area contributed by atoms with Crippen LogP contribution in [0, 0.1) is 20.8 Å². The molecule has 6 N–H and O–H groups in total. The number of carbonyl (C=O) groups is 6. The van der Waals surface area contributed by atoms with E-state index in [1.807, 2.05) is 0 Å². The van der Waals surface area contributed by atoms with Gasteiger partial charge in [0.15, 0.2) is 42.1 Å². The summed E-state index contributed by atoms with van der Waals surface area (Å²) >= 11 is 0. The van der Waals surface area contributed by atoms with Crippen molar-refractivity contribution in [3.8, 4) is 11.5 Å². The maximum absolute atomic E-state index is 14.4. The summed E-state index contributed by atoms with van der Waals surface area (Å²) < 4.78 is 35.1. The number of aromatic hydroxyl groups is 2. The number of rotatable bonds is 8. The Hall–Kier alpha value is -5.34. The Kier molecular flexibility index (Phi) is 11.2. The largest absolute Gasteiger partial charge is 0.508 e. The van der Waals surface area contributed by atoms with E-state index in [0.717, 1.165) is 20.1 Å². The molecule has 10 atom stereocenters. The first-order chi connectivity index (χ1) is 28.9. The quantitative estimate of drug-likeness (QED) is 0.164. The van der Waals surface area contributed by atoms with Crippen molar-refractivity contribution in [2.75, 3.05) is 7.11 Å². The van der Waals surface area contributed by atoms with Crippen molar-refractivity contribution >= 4 is 34.9 Å². The van der Waals surface area contributed by atoms with Crippen molar-refractivity contribution in [1.82, 2.24) is 0 Å². The molecule has 7 rings (SSSR count). The number of hydrogen-bond donors (Lipinski definition) is 6. The Bertz CT molecular complexity index is 2410. The number of phenolic OH excluding ortho intramolecular Hbond substituents is 2. The lowest BCUT2D eigenvalue weighted by molar-refractivity contribution is -0.315. The van der Waals surface area contributed by atoms with Crippen LogP contribution in [0.4, 0.5) is 0 Å². The minimum Gasteiger partial charge on any atom is -0.508 e. The first-order valence-electron chi connectivity index (χ1n) is 20.0. The number of methoxy groups -OCH3 is 1. The van der Waals surface area contributed by atoms with Gasteiger partial charge in [-0.2, -0.15) is 0 Å². The van der Waals surface area contributed by atoms with Gasteiger partial charge in [0, 0.05) is 30.9 Å². The van der Waals surface area contributed by atoms with Crippen molar-refractivity contribution in [2.45, 2.75) is 134 Å². The van der Waals surface area contributed by atoms with E-state index in [4.69, 9.17) is 28.4 Å². The molecule has 0 unspecified atom stereocenters. The summed E-state index contributed by atoms with van der Waals surface area (Å²) in [7, 11) is 1.15. The maximum atomic E-state index is 14.4. The molecule has 5 aliphatic rings. The monoisotopic (exact) mass is 864 g/mol. The smallest absolute Gasteiger partial charge is 0.342 e. The van der Waals surface area contributed by atoms with E-state index in [9.17, 15) is 59.4 Å². The molecule has 18 heteroatoms. The first-order valence-corrected chi connectivity index (χ1v) is 20.0. The summed E-state index contributed by atoms with van der Waals surface area (Å²) in [5.74, 6) is -9.67. The number of ketones is 5. The number of aryl methyl sites for hydroxylation is 2. The van der Waals surface area contributed by atoms with Gasteiger partial charge in [0.2, 0.25) is 23.0 Å². The number of ether oxygens (including phenoxy) is 6. The summed E-state index contributed by atoms with van der Waals surface area (Å²) in [4.78, 5) is 81.0. The zero-order chi connectivity index (χ0) is 45.7. The maximum Gasteiger partial charge on any atom is 0.342 e. The summed E-state index contributed by atoms with van der Waals surface area (Å²) in [6.45, 7) is 10.1. The molecule has 332 valence electrons. The van der Waals surface area contributed by atoms with Crippen LogP contribution in [0.1, 0.15) is 111 Å². The van der Waals surface area contributed by atoms with Crippen LogP contribution < -0.4 is 0 Å². The van der Waals surface area contributed by atoms with E-state index in [1.54, 1.807) is 39.8 Å².